The number of likely N-dealkylation sites (tertiary alicyclic amines) is 1. The van der Waals surface area contributed by atoms with Crippen LogP contribution in [0.25, 0.3) is 0 Å². The summed E-state index contributed by atoms with van der Waals surface area (Å²) in [6.45, 7) is 1.07. The van der Waals surface area contributed by atoms with Gasteiger partial charge in [-0.2, -0.15) is 0 Å². The van der Waals surface area contributed by atoms with Gasteiger partial charge in [-0.25, -0.2) is 0 Å². The molecule has 0 bridgehead atoms. The van der Waals surface area contributed by atoms with Crippen molar-refractivity contribution in [2.24, 2.45) is 5.92 Å². The summed E-state index contributed by atoms with van der Waals surface area (Å²) in [4.78, 5) is 30.7. The molecule has 0 aliphatic carbocycles. The van der Waals surface area contributed by atoms with Crippen molar-refractivity contribution in [3.05, 3.63) is 52.5 Å². The Balaban J connectivity index is 1.83. The van der Waals surface area contributed by atoms with Crippen LogP contribution in [0.1, 0.15) is 28.4 Å². The van der Waals surface area contributed by atoms with Gasteiger partial charge in [0.15, 0.2) is 17.3 Å². The number of carbonyl (C=O) groups is 2. The Morgan fingerprint density at radius 1 is 1.12 bits per heavy atom. The summed E-state index contributed by atoms with van der Waals surface area (Å²) in [6, 6.07) is 9.00. The highest BCUT2D eigenvalue weighted by Crippen LogP contribution is 2.51. The van der Waals surface area contributed by atoms with Crippen LogP contribution < -0.4 is 14.2 Å². The van der Waals surface area contributed by atoms with Gasteiger partial charge < -0.3 is 29.1 Å². The average Bonchev–Trinajstić information content (AvgIpc) is 3.01. The van der Waals surface area contributed by atoms with E-state index in [0.29, 0.717) is 35.1 Å². The molecule has 2 aliphatic rings. The number of rotatable bonds is 7. The molecule has 2 aliphatic heterocycles. The lowest BCUT2D eigenvalue weighted by atomic mass is 9.81. The predicted octanol–water partition coefficient (Wildman–Crippen LogP) is 2.77. The molecule has 2 aromatic rings. The SMILES string of the molecule is COc1ccc(C2C3C(=O)c4cc(Cl)ccc4OC3(O)C(=O)N2CCCN(C)C)cc1OC. The molecule has 1 saturated heterocycles. The molecule has 9 heteroatoms. The lowest BCUT2D eigenvalue weighted by molar-refractivity contribution is -0.181. The van der Waals surface area contributed by atoms with E-state index in [1.807, 2.05) is 19.0 Å². The Kier molecular flexibility index (Phi) is 6.26. The molecule has 3 atom stereocenters. The Bertz CT molecular complexity index is 1090. The number of hydrogen-bond acceptors (Lipinski definition) is 7. The summed E-state index contributed by atoms with van der Waals surface area (Å²) in [7, 11) is 6.93. The van der Waals surface area contributed by atoms with E-state index >= 15 is 0 Å². The van der Waals surface area contributed by atoms with Crippen LogP contribution >= 0.6 is 11.6 Å². The molecule has 0 radical (unpaired) electrons. The van der Waals surface area contributed by atoms with Gasteiger partial charge in [-0.1, -0.05) is 17.7 Å². The number of methoxy groups -OCH3 is 2. The van der Waals surface area contributed by atoms with Gasteiger partial charge in [-0.3, -0.25) is 9.59 Å². The minimum atomic E-state index is -2.31. The van der Waals surface area contributed by atoms with Crippen molar-refractivity contribution < 1.29 is 28.9 Å². The first kappa shape index (κ1) is 23.4. The number of amides is 1. The molecule has 8 nitrogen and oxygen atoms in total. The molecule has 3 unspecified atom stereocenters. The molecule has 1 fully saturated rings. The molecule has 2 aromatic carbocycles. The van der Waals surface area contributed by atoms with Crippen LogP contribution in [0.5, 0.6) is 17.2 Å². The van der Waals surface area contributed by atoms with Crippen molar-refractivity contribution in [3.8, 4) is 17.2 Å². The van der Waals surface area contributed by atoms with Crippen LogP contribution in [0.15, 0.2) is 36.4 Å². The maximum absolute atomic E-state index is 13.6. The monoisotopic (exact) mass is 474 g/mol. The molecule has 2 heterocycles. The van der Waals surface area contributed by atoms with E-state index in [2.05, 4.69) is 0 Å². The first-order valence-electron chi connectivity index (χ1n) is 10.6. The summed E-state index contributed by atoms with van der Waals surface area (Å²) in [5.74, 6) is -3.41. The summed E-state index contributed by atoms with van der Waals surface area (Å²) in [5, 5.41) is 11.8. The predicted molar refractivity (Wildman–Crippen MR) is 122 cm³/mol. The highest BCUT2D eigenvalue weighted by molar-refractivity contribution is 6.31. The second kappa shape index (κ2) is 8.85. The smallest absolute Gasteiger partial charge is 0.301 e. The number of carbonyl (C=O) groups excluding carboxylic acids is 2. The van der Waals surface area contributed by atoms with E-state index in [-0.39, 0.29) is 11.3 Å². The molecular weight excluding hydrogens is 448 g/mol. The van der Waals surface area contributed by atoms with Crippen LogP contribution in [0.4, 0.5) is 0 Å². The molecular formula is C24H27ClN2O6. The van der Waals surface area contributed by atoms with Gasteiger partial charge in [0.05, 0.1) is 25.8 Å². The fraction of sp³-hybridized carbons (Fsp3) is 0.417. The number of nitrogens with zero attached hydrogens (tertiary/aromatic N) is 2. The van der Waals surface area contributed by atoms with Crippen LogP contribution in [0, 0.1) is 5.92 Å². The fourth-order valence-corrected chi connectivity index (χ4v) is 4.79. The van der Waals surface area contributed by atoms with E-state index in [1.165, 1.54) is 31.3 Å². The zero-order valence-corrected chi connectivity index (χ0v) is 19.8. The second-order valence-corrected chi connectivity index (χ2v) is 8.93. The van der Waals surface area contributed by atoms with Crippen LogP contribution in [-0.4, -0.2) is 73.8 Å². The molecule has 33 heavy (non-hydrogen) atoms. The fourth-order valence-electron chi connectivity index (χ4n) is 4.61. The van der Waals surface area contributed by atoms with Crippen molar-refractivity contribution >= 4 is 23.3 Å². The number of benzene rings is 2. The molecule has 176 valence electrons. The van der Waals surface area contributed by atoms with E-state index in [9.17, 15) is 14.7 Å². The maximum atomic E-state index is 13.6. The van der Waals surface area contributed by atoms with E-state index < -0.39 is 29.4 Å². The summed E-state index contributed by atoms with van der Waals surface area (Å²) in [5.41, 5.74) is 0.875. The number of aliphatic hydroxyl groups is 1. The summed E-state index contributed by atoms with van der Waals surface area (Å²) < 4.78 is 16.6. The number of ketones is 1. The Labute approximate surface area is 197 Å². The van der Waals surface area contributed by atoms with Gasteiger partial charge in [0.2, 0.25) is 0 Å². The lowest BCUT2D eigenvalue weighted by Crippen LogP contribution is -2.53. The molecule has 4 rings (SSSR count). The normalized spacial score (nSPS) is 23.9. The Morgan fingerprint density at radius 2 is 1.85 bits per heavy atom. The third-order valence-corrected chi connectivity index (χ3v) is 6.38. The Hall–Kier alpha value is -2.81. The van der Waals surface area contributed by atoms with Crippen molar-refractivity contribution in [2.75, 3.05) is 41.4 Å². The summed E-state index contributed by atoms with van der Waals surface area (Å²) in [6.07, 6.45) is 0.651. The zero-order chi connectivity index (χ0) is 23.9. The van der Waals surface area contributed by atoms with Crippen molar-refractivity contribution in [2.45, 2.75) is 18.2 Å². The first-order chi connectivity index (χ1) is 15.7. The van der Waals surface area contributed by atoms with Gasteiger partial charge >= 0.3 is 5.79 Å². The molecule has 0 spiro atoms. The lowest BCUT2D eigenvalue weighted by Gasteiger charge is -2.34. The first-order valence-corrected chi connectivity index (χ1v) is 11.0. The van der Waals surface area contributed by atoms with Crippen LogP contribution in [0.2, 0.25) is 5.02 Å². The highest BCUT2D eigenvalue weighted by Gasteiger charge is 2.66. The van der Waals surface area contributed by atoms with Crippen molar-refractivity contribution in [1.82, 2.24) is 9.80 Å². The average molecular weight is 475 g/mol. The van der Waals surface area contributed by atoms with Crippen molar-refractivity contribution in [1.29, 1.82) is 0 Å². The standard InChI is InChI=1S/C24H27ClN2O6/c1-26(2)10-5-11-27-21(14-6-8-18(31-3)19(12-14)32-4)20-22(28)16-13-15(25)7-9-17(16)33-24(20,30)23(27)29/h6-9,12-13,20-21,30H,5,10-11H2,1-4H3. The largest absolute Gasteiger partial charge is 0.493 e. The van der Waals surface area contributed by atoms with Gasteiger partial charge in [0.1, 0.15) is 11.7 Å². The number of fused-ring (bicyclic) bond motifs is 2. The van der Waals surface area contributed by atoms with Crippen LogP contribution in [0.3, 0.4) is 0 Å². The van der Waals surface area contributed by atoms with E-state index in [0.717, 1.165) is 6.54 Å². The Morgan fingerprint density at radius 3 is 2.52 bits per heavy atom. The molecule has 0 saturated carbocycles. The number of hydrogen-bond donors (Lipinski definition) is 1. The maximum Gasteiger partial charge on any atom is 0.301 e. The van der Waals surface area contributed by atoms with E-state index in [1.54, 1.807) is 24.3 Å². The molecule has 1 amide bonds. The number of halogens is 1. The topological polar surface area (TPSA) is 88.5 Å². The van der Waals surface area contributed by atoms with Gasteiger partial charge in [-0.05, 0) is 63.0 Å². The van der Waals surface area contributed by atoms with Crippen LogP contribution in [-0.2, 0) is 4.79 Å². The zero-order valence-electron chi connectivity index (χ0n) is 19.0. The van der Waals surface area contributed by atoms with Gasteiger partial charge in [0, 0.05) is 11.6 Å². The third-order valence-electron chi connectivity index (χ3n) is 6.15. The van der Waals surface area contributed by atoms with Gasteiger partial charge in [-0.15, -0.1) is 0 Å². The third kappa shape index (κ3) is 3.92. The van der Waals surface area contributed by atoms with Crippen molar-refractivity contribution in [3.63, 3.8) is 0 Å². The summed E-state index contributed by atoms with van der Waals surface area (Å²) >= 11 is 6.12. The minimum Gasteiger partial charge on any atom is -0.493 e. The molecule has 1 N–H and O–H groups in total. The van der Waals surface area contributed by atoms with Gasteiger partial charge in [0.25, 0.3) is 5.91 Å². The minimum absolute atomic E-state index is 0.137. The second-order valence-electron chi connectivity index (χ2n) is 8.50. The quantitative estimate of drug-likeness (QED) is 0.660. The number of ether oxygens (including phenoxy) is 3. The highest BCUT2D eigenvalue weighted by atomic mass is 35.5. The molecule has 0 aromatic heterocycles. The number of Topliss-reactive ketones (excluding diaryl/α,β-unsaturated/α-hetero) is 1. The van der Waals surface area contributed by atoms with E-state index in [4.69, 9.17) is 25.8 Å².